The Kier molecular flexibility index (Phi) is 8.21. The second-order valence-electron chi connectivity index (χ2n) is 6.83. The summed E-state index contributed by atoms with van der Waals surface area (Å²) in [4.78, 5) is 0.282. The first kappa shape index (κ1) is 26.3. The van der Waals surface area contributed by atoms with E-state index in [1.807, 2.05) is 6.92 Å². The molecule has 0 aliphatic carbocycles. The third-order valence-corrected chi connectivity index (χ3v) is 8.82. The molecule has 0 unspecified atom stereocenters. The van der Waals surface area contributed by atoms with E-state index in [1.54, 1.807) is 6.92 Å². The lowest BCUT2D eigenvalue weighted by Crippen LogP contribution is -2.12. The van der Waals surface area contributed by atoms with Gasteiger partial charge in [0.1, 0.15) is 10.0 Å². The lowest BCUT2D eigenvalue weighted by atomic mass is 10.3. The number of nitrogen functional groups attached to an aromatic ring is 2. The van der Waals surface area contributed by atoms with Crippen LogP contribution < -0.4 is 20.9 Å². The smallest absolute Gasteiger partial charge is 0.263 e. The van der Waals surface area contributed by atoms with Crippen LogP contribution in [0.4, 0.5) is 21.6 Å². The molecule has 4 rings (SSSR count). The Balaban J connectivity index is 0.000000196. The first-order chi connectivity index (χ1) is 16.5. The van der Waals surface area contributed by atoms with E-state index in [4.69, 9.17) is 11.5 Å². The molecule has 0 fully saturated rings. The molecule has 186 valence electrons. The van der Waals surface area contributed by atoms with Crippen LogP contribution in [0.25, 0.3) is 0 Å². The van der Waals surface area contributed by atoms with Gasteiger partial charge in [-0.2, -0.15) is 0 Å². The second kappa shape index (κ2) is 10.9. The van der Waals surface area contributed by atoms with Crippen molar-refractivity contribution >= 4 is 64.4 Å². The van der Waals surface area contributed by atoms with Crippen LogP contribution in [-0.4, -0.2) is 37.2 Å². The number of hydrogen-bond donors (Lipinski definition) is 4. The minimum absolute atomic E-state index is 0.138. The number of nitrogens with one attached hydrogen (secondary N) is 2. The zero-order valence-corrected chi connectivity index (χ0v) is 21.8. The van der Waals surface area contributed by atoms with Gasteiger partial charge in [0.15, 0.2) is 0 Å². The van der Waals surface area contributed by atoms with E-state index in [0.29, 0.717) is 16.4 Å². The minimum Gasteiger partial charge on any atom is -0.399 e. The van der Waals surface area contributed by atoms with Crippen molar-refractivity contribution in [1.29, 1.82) is 0 Å². The quantitative estimate of drug-likeness (QED) is 0.246. The van der Waals surface area contributed by atoms with Gasteiger partial charge in [-0.3, -0.25) is 9.44 Å². The largest absolute Gasteiger partial charge is 0.399 e. The van der Waals surface area contributed by atoms with E-state index in [1.165, 1.54) is 71.2 Å². The van der Waals surface area contributed by atoms with Crippen LogP contribution in [0.2, 0.25) is 0 Å². The highest BCUT2D eigenvalue weighted by Gasteiger charge is 2.17. The summed E-state index contributed by atoms with van der Waals surface area (Å²) in [5.74, 6) is 0. The maximum atomic E-state index is 12.0. The fraction of sp³-hybridized carbons (Fsp3) is 0.158. The minimum atomic E-state index is -3.62. The topological polar surface area (TPSA) is 196 Å². The Labute approximate surface area is 210 Å². The molecule has 16 heteroatoms. The van der Waals surface area contributed by atoms with E-state index >= 15 is 0 Å². The SMILES string of the molecule is CCc1nnc(NS(=O)(=O)c2ccc(N)cc2)s1.Cc1nnc(NS(=O)(=O)c2ccc(N)cc2)s1. The van der Waals surface area contributed by atoms with Gasteiger partial charge in [0.2, 0.25) is 10.3 Å². The molecule has 35 heavy (non-hydrogen) atoms. The van der Waals surface area contributed by atoms with Crippen LogP contribution in [-0.2, 0) is 26.5 Å². The van der Waals surface area contributed by atoms with E-state index in [9.17, 15) is 16.8 Å². The highest BCUT2D eigenvalue weighted by molar-refractivity contribution is 7.93. The summed E-state index contributed by atoms with van der Waals surface area (Å²) in [6.07, 6.45) is 0.723. The van der Waals surface area contributed by atoms with E-state index in [-0.39, 0.29) is 20.1 Å². The lowest BCUT2D eigenvalue weighted by Gasteiger charge is -2.04. The number of hydrogen-bond acceptors (Lipinski definition) is 12. The molecule has 0 aliphatic rings. The Hall–Kier alpha value is -3.34. The van der Waals surface area contributed by atoms with Crippen molar-refractivity contribution in [2.45, 2.75) is 30.1 Å². The first-order valence-corrected chi connectivity index (χ1v) is 14.5. The Morgan fingerprint density at radius 3 is 1.51 bits per heavy atom. The molecule has 2 heterocycles. The highest BCUT2D eigenvalue weighted by Crippen LogP contribution is 2.21. The summed E-state index contributed by atoms with van der Waals surface area (Å²) in [5.41, 5.74) is 12.0. The van der Waals surface area contributed by atoms with Crippen molar-refractivity contribution in [3.63, 3.8) is 0 Å². The number of benzene rings is 2. The maximum Gasteiger partial charge on any atom is 0.263 e. The van der Waals surface area contributed by atoms with Gasteiger partial charge in [-0.15, -0.1) is 20.4 Å². The van der Waals surface area contributed by atoms with Gasteiger partial charge in [0.25, 0.3) is 20.0 Å². The van der Waals surface area contributed by atoms with Crippen LogP contribution in [0.15, 0.2) is 58.3 Å². The van der Waals surface area contributed by atoms with Crippen LogP contribution in [0.1, 0.15) is 16.9 Å². The molecule has 6 N–H and O–H groups in total. The van der Waals surface area contributed by atoms with Gasteiger partial charge >= 0.3 is 0 Å². The molecular formula is C19H22N8O4S4. The zero-order chi connectivity index (χ0) is 25.6. The molecule has 0 amide bonds. The highest BCUT2D eigenvalue weighted by atomic mass is 32.2. The molecule has 0 radical (unpaired) electrons. The molecule has 2 aromatic heterocycles. The number of aryl methyl sites for hydroxylation is 2. The van der Waals surface area contributed by atoms with Crippen molar-refractivity contribution < 1.29 is 16.8 Å². The summed E-state index contributed by atoms with van der Waals surface area (Å²) in [5, 5.41) is 17.0. The predicted octanol–water partition coefficient (Wildman–Crippen LogP) is 2.71. The van der Waals surface area contributed by atoms with Gasteiger partial charge in [0.05, 0.1) is 9.79 Å². The van der Waals surface area contributed by atoms with Gasteiger partial charge < -0.3 is 11.5 Å². The number of sulfonamides is 2. The third-order valence-electron chi connectivity index (χ3n) is 4.12. The Morgan fingerprint density at radius 1 is 0.714 bits per heavy atom. The van der Waals surface area contributed by atoms with Crippen LogP contribution in [0.5, 0.6) is 0 Å². The summed E-state index contributed by atoms with van der Waals surface area (Å²) < 4.78 is 52.5. The molecule has 4 aromatic rings. The van der Waals surface area contributed by atoms with Crippen molar-refractivity contribution in [3.8, 4) is 0 Å². The fourth-order valence-electron chi connectivity index (χ4n) is 2.42. The van der Waals surface area contributed by atoms with Gasteiger partial charge in [-0.05, 0) is 61.9 Å². The van der Waals surface area contributed by atoms with Gasteiger partial charge in [-0.25, -0.2) is 16.8 Å². The molecule has 0 bridgehead atoms. The fourth-order valence-corrected chi connectivity index (χ4v) is 6.15. The number of nitrogens with two attached hydrogens (primary N) is 2. The number of rotatable bonds is 7. The van der Waals surface area contributed by atoms with Gasteiger partial charge in [0, 0.05) is 11.4 Å². The number of anilines is 4. The molecule has 0 atom stereocenters. The molecule has 2 aromatic carbocycles. The molecular weight excluding hydrogens is 533 g/mol. The monoisotopic (exact) mass is 554 g/mol. The molecule has 0 spiro atoms. The summed E-state index contributed by atoms with van der Waals surface area (Å²) in [6.45, 7) is 3.68. The standard InChI is InChI=1S/C10H12N4O2S2.C9H10N4O2S2/c1-2-9-12-13-10(17-9)14-18(15,16)8-5-3-7(11)4-6-8;1-6-11-12-9(16-6)13-17(14,15)8-4-2-7(10)3-5-8/h3-6H,2,11H2,1H3,(H,13,14);2-5H,10H2,1H3,(H,12,13). The lowest BCUT2D eigenvalue weighted by molar-refractivity contribution is 0.599. The molecule has 12 nitrogen and oxygen atoms in total. The molecule has 0 aliphatic heterocycles. The Morgan fingerprint density at radius 2 is 1.14 bits per heavy atom. The van der Waals surface area contributed by atoms with Gasteiger partial charge in [-0.1, -0.05) is 29.6 Å². The second-order valence-corrected chi connectivity index (χ2v) is 12.4. The van der Waals surface area contributed by atoms with Crippen LogP contribution in [0, 0.1) is 6.92 Å². The number of nitrogens with zero attached hydrogens (tertiary/aromatic N) is 4. The predicted molar refractivity (Wildman–Crippen MR) is 137 cm³/mol. The van der Waals surface area contributed by atoms with Crippen molar-refractivity contribution in [3.05, 3.63) is 58.5 Å². The van der Waals surface area contributed by atoms with Crippen molar-refractivity contribution in [2.24, 2.45) is 0 Å². The maximum absolute atomic E-state index is 12.0. The van der Waals surface area contributed by atoms with E-state index in [0.717, 1.165) is 11.4 Å². The zero-order valence-electron chi connectivity index (χ0n) is 18.5. The van der Waals surface area contributed by atoms with Crippen LogP contribution in [0.3, 0.4) is 0 Å². The average molecular weight is 555 g/mol. The summed E-state index contributed by atoms with van der Waals surface area (Å²) in [7, 11) is -7.24. The summed E-state index contributed by atoms with van der Waals surface area (Å²) >= 11 is 2.40. The normalized spacial score (nSPS) is 11.4. The third kappa shape index (κ3) is 7.32. The Bertz CT molecular complexity index is 1480. The van der Waals surface area contributed by atoms with E-state index < -0.39 is 20.0 Å². The average Bonchev–Trinajstić information content (AvgIpc) is 3.42. The summed E-state index contributed by atoms with van der Waals surface area (Å²) in [6, 6.07) is 11.9. The van der Waals surface area contributed by atoms with Crippen molar-refractivity contribution in [2.75, 3.05) is 20.9 Å². The number of aromatic nitrogens is 4. The van der Waals surface area contributed by atoms with Crippen LogP contribution >= 0.6 is 22.7 Å². The molecule has 0 saturated heterocycles. The van der Waals surface area contributed by atoms with E-state index in [2.05, 4.69) is 29.8 Å². The first-order valence-electron chi connectivity index (χ1n) is 9.87. The molecule has 0 saturated carbocycles. The van der Waals surface area contributed by atoms with Crippen molar-refractivity contribution in [1.82, 2.24) is 20.4 Å².